The first kappa shape index (κ1) is 22.5. The van der Waals surface area contributed by atoms with Crippen molar-refractivity contribution in [3.05, 3.63) is 30.1 Å². The molecule has 3 rings (SSSR count). The number of pyridine rings is 1. The Hall–Kier alpha value is -1.76. The Kier molecular flexibility index (Phi) is 7.02. The van der Waals surface area contributed by atoms with Gasteiger partial charge in [0.25, 0.3) is 0 Å². The van der Waals surface area contributed by atoms with Crippen LogP contribution in [-0.4, -0.2) is 74.1 Å². The third-order valence-corrected chi connectivity index (χ3v) is 5.78. The van der Waals surface area contributed by atoms with E-state index in [0.717, 1.165) is 5.69 Å². The number of sulfonamides is 1. The minimum Gasteiger partial charge on any atom is -0.475 e. The van der Waals surface area contributed by atoms with Crippen molar-refractivity contribution in [2.24, 2.45) is 11.3 Å². The Balaban J connectivity index is 0.000000345. The molecule has 0 aromatic carbocycles. The van der Waals surface area contributed by atoms with E-state index in [9.17, 15) is 21.6 Å². The Morgan fingerprint density at radius 3 is 2.68 bits per heavy atom. The number of carboxylic acid groups (broad SMARTS) is 1. The van der Waals surface area contributed by atoms with Crippen molar-refractivity contribution in [1.29, 1.82) is 0 Å². The summed E-state index contributed by atoms with van der Waals surface area (Å²) in [6, 6.07) is 5.70. The quantitative estimate of drug-likeness (QED) is 0.753. The molecule has 2 fully saturated rings. The molecule has 2 saturated heterocycles. The van der Waals surface area contributed by atoms with Crippen LogP contribution in [0.4, 0.5) is 13.2 Å². The molecule has 1 aromatic rings. The number of rotatable bonds is 5. The second-order valence-electron chi connectivity index (χ2n) is 6.75. The number of aromatic nitrogens is 1. The molecule has 2 aliphatic rings. The van der Waals surface area contributed by atoms with Crippen LogP contribution in [0.15, 0.2) is 24.4 Å². The number of halogens is 3. The molecular formula is C16H21F3N2O6S. The van der Waals surface area contributed by atoms with Gasteiger partial charge in [-0.15, -0.1) is 0 Å². The van der Waals surface area contributed by atoms with Crippen LogP contribution in [-0.2, 0) is 30.9 Å². The van der Waals surface area contributed by atoms with E-state index < -0.39 is 22.2 Å². The molecule has 0 saturated carbocycles. The van der Waals surface area contributed by atoms with E-state index in [1.807, 2.05) is 18.2 Å². The highest BCUT2D eigenvalue weighted by atomic mass is 32.2. The second kappa shape index (κ2) is 8.72. The second-order valence-corrected chi connectivity index (χ2v) is 8.73. The lowest BCUT2D eigenvalue weighted by molar-refractivity contribution is -0.192. The summed E-state index contributed by atoms with van der Waals surface area (Å²) in [7, 11) is -3.15. The number of carboxylic acids is 1. The summed E-state index contributed by atoms with van der Waals surface area (Å²) in [5.74, 6) is -2.54. The molecule has 1 N–H and O–H groups in total. The fourth-order valence-electron chi connectivity index (χ4n) is 3.08. The van der Waals surface area contributed by atoms with E-state index in [0.29, 0.717) is 39.5 Å². The maximum Gasteiger partial charge on any atom is 0.490 e. The van der Waals surface area contributed by atoms with Crippen LogP contribution in [0.3, 0.4) is 0 Å². The third-order valence-electron chi connectivity index (χ3n) is 4.57. The molecule has 0 aliphatic carbocycles. The van der Waals surface area contributed by atoms with Crippen molar-refractivity contribution in [3.8, 4) is 0 Å². The molecule has 3 heterocycles. The van der Waals surface area contributed by atoms with Crippen molar-refractivity contribution in [3.63, 3.8) is 0 Å². The Labute approximate surface area is 160 Å². The van der Waals surface area contributed by atoms with E-state index in [-0.39, 0.29) is 11.3 Å². The lowest BCUT2D eigenvalue weighted by atomic mass is 9.82. The van der Waals surface area contributed by atoms with Crippen LogP contribution in [0, 0.1) is 11.3 Å². The monoisotopic (exact) mass is 426 g/mol. The molecule has 0 amide bonds. The number of aliphatic carboxylic acids is 1. The van der Waals surface area contributed by atoms with Crippen LogP contribution in [0.1, 0.15) is 5.69 Å². The largest absolute Gasteiger partial charge is 0.490 e. The van der Waals surface area contributed by atoms with Crippen LogP contribution >= 0.6 is 0 Å². The SMILES string of the molecule is CS(=O)(=O)N1C[C@@H]2COC[C@]2(COCc2ccccn2)C1.O=C(O)C(F)(F)F. The minimum absolute atomic E-state index is 0.210. The van der Waals surface area contributed by atoms with Crippen LogP contribution < -0.4 is 0 Å². The maximum atomic E-state index is 11.7. The van der Waals surface area contributed by atoms with Gasteiger partial charge in [-0.2, -0.15) is 13.2 Å². The summed E-state index contributed by atoms with van der Waals surface area (Å²) in [6.07, 6.45) is -2.09. The summed E-state index contributed by atoms with van der Waals surface area (Å²) in [5.41, 5.74) is 0.667. The number of ether oxygens (including phenoxy) is 2. The van der Waals surface area contributed by atoms with E-state index in [1.165, 1.54) is 6.26 Å². The van der Waals surface area contributed by atoms with Gasteiger partial charge in [0, 0.05) is 30.6 Å². The number of hydrogen-bond donors (Lipinski definition) is 1. The van der Waals surface area contributed by atoms with Gasteiger partial charge in [-0.05, 0) is 12.1 Å². The molecule has 2 aliphatic heterocycles. The molecular weight excluding hydrogens is 405 g/mol. The standard InChI is InChI=1S/C14H20N2O4S.C2HF3O2/c1-21(17,18)16-6-12-7-19-10-14(12,9-16)11-20-8-13-4-2-3-5-15-13;3-2(4,5)1(6)7/h2-5,12H,6-11H2,1H3;(H,6,7)/t12-,14+;/m1./s1. The topological polar surface area (TPSA) is 106 Å². The molecule has 0 spiro atoms. The summed E-state index contributed by atoms with van der Waals surface area (Å²) in [5, 5.41) is 7.12. The lowest BCUT2D eigenvalue weighted by Crippen LogP contribution is -2.37. The minimum atomic E-state index is -5.08. The third kappa shape index (κ3) is 5.87. The van der Waals surface area contributed by atoms with Gasteiger partial charge in [-0.25, -0.2) is 17.5 Å². The van der Waals surface area contributed by atoms with Gasteiger partial charge in [0.15, 0.2) is 0 Å². The zero-order valence-electron chi connectivity index (χ0n) is 15.1. The zero-order valence-corrected chi connectivity index (χ0v) is 15.9. The van der Waals surface area contributed by atoms with E-state index in [1.54, 1.807) is 10.5 Å². The number of carbonyl (C=O) groups is 1. The molecule has 12 heteroatoms. The summed E-state index contributed by atoms with van der Waals surface area (Å²) in [6.45, 7) is 3.13. The zero-order chi connectivity index (χ0) is 21.0. The van der Waals surface area contributed by atoms with E-state index in [2.05, 4.69) is 4.98 Å². The van der Waals surface area contributed by atoms with Gasteiger partial charge >= 0.3 is 12.1 Å². The number of nitrogens with zero attached hydrogens (tertiary/aromatic N) is 2. The average Bonchev–Trinajstić information content (AvgIpc) is 3.12. The van der Waals surface area contributed by atoms with Gasteiger partial charge in [0.1, 0.15) is 0 Å². The fourth-order valence-corrected chi connectivity index (χ4v) is 4.02. The smallest absolute Gasteiger partial charge is 0.475 e. The van der Waals surface area contributed by atoms with Gasteiger partial charge in [-0.1, -0.05) is 6.07 Å². The van der Waals surface area contributed by atoms with Crippen molar-refractivity contribution >= 4 is 16.0 Å². The number of alkyl halides is 3. The molecule has 8 nitrogen and oxygen atoms in total. The highest BCUT2D eigenvalue weighted by molar-refractivity contribution is 7.88. The Bertz CT molecular complexity index is 774. The van der Waals surface area contributed by atoms with Crippen LogP contribution in [0.5, 0.6) is 0 Å². The van der Waals surface area contributed by atoms with Crippen molar-refractivity contribution in [2.75, 3.05) is 39.2 Å². The molecule has 0 radical (unpaired) electrons. The van der Waals surface area contributed by atoms with Gasteiger partial charge < -0.3 is 14.6 Å². The lowest BCUT2D eigenvalue weighted by Gasteiger charge is -2.26. The molecule has 0 bridgehead atoms. The fraction of sp³-hybridized carbons (Fsp3) is 0.625. The first-order valence-corrected chi connectivity index (χ1v) is 10.1. The normalized spacial score (nSPS) is 25.1. The molecule has 2 atom stereocenters. The highest BCUT2D eigenvalue weighted by Crippen LogP contribution is 2.42. The molecule has 1 aromatic heterocycles. The van der Waals surface area contributed by atoms with Crippen LogP contribution in [0.2, 0.25) is 0 Å². The van der Waals surface area contributed by atoms with Gasteiger partial charge in [0.2, 0.25) is 10.0 Å². The number of fused-ring (bicyclic) bond motifs is 1. The predicted octanol–water partition coefficient (Wildman–Crippen LogP) is 1.14. The highest BCUT2D eigenvalue weighted by Gasteiger charge is 2.52. The molecule has 0 unspecified atom stereocenters. The summed E-state index contributed by atoms with van der Waals surface area (Å²) < 4.78 is 68.1. The van der Waals surface area contributed by atoms with Gasteiger partial charge in [0.05, 0.1) is 38.4 Å². The van der Waals surface area contributed by atoms with Crippen molar-refractivity contribution in [2.45, 2.75) is 12.8 Å². The van der Waals surface area contributed by atoms with E-state index in [4.69, 9.17) is 19.4 Å². The first-order valence-electron chi connectivity index (χ1n) is 8.25. The molecule has 28 heavy (non-hydrogen) atoms. The summed E-state index contributed by atoms with van der Waals surface area (Å²) in [4.78, 5) is 13.1. The summed E-state index contributed by atoms with van der Waals surface area (Å²) >= 11 is 0. The maximum absolute atomic E-state index is 11.7. The van der Waals surface area contributed by atoms with E-state index >= 15 is 0 Å². The van der Waals surface area contributed by atoms with Crippen LogP contribution in [0.25, 0.3) is 0 Å². The van der Waals surface area contributed by atoms with Crippen molar-refractivity contribution in [1.82, 2.24) is 9.29 Å². The average molecular weight is 426 g/mol. The van der Waals surface area contributed by atoms with Crippen molar-refractivity contribution < 1.29 is 41.0 Å². The Morgan fingerprint density at radius 1 is 1.46 bits per heavy atom. The first-order chi connectivity index (χ1) is 12.9. The Morgan fingerprint density at radius 2 is 2.14 bits per heavy atom. The molecule has 158 valence electrons. The van der Waals surface area contributed by atoms with Gasteiger partial charge in [-0.3, -0.25) is 4.98 Å². The number of hydrogen-bond acceptors (Lipinski definition) is 6. The predicted molar refractivity (Wildman–Crippen MR) is 90.7 cm³/mol.